The molecule has 0 aliphatic heterocycles. The number of Topliss-reactive ketones (excluding diaryl/α,β-unsaturated/α-hetero) is 2. The number of carbonyl (C=O) groups excluding carboxylic acids is 2. The van der Waals surface area contributed by atoms with E-state index in [1.165, 1.54) is 0 Å². The predicted molar refractivity (Wildman–Crippen MR) is 80.0 cm³/mol. The topological polar surface area (TPSA) is 51.4 Å². The van der Waals surface area contributed by atoms with Crippen molar-refractivity contribution in [1.82, 2.24) is 9.61 Å². The summed E-state index contributed by atoms with van der Waals surface area (Å²) in [4.78, 5) is 26.4. The first-order valence-electron chi connectivity index (χ1n) is 6.83. The Balaban J connectivity index is 1.74. The Morgan fingerprint density at radius 2 is 2.24 bits per heavy atom. The van der Waals surface area contributed by atoms with Crippen molar-refractivity contribution in [3.8, 4) is 0 Å². The molecule has 3 heterocycles. The summed E-state index contributed by atoms with van der Waals surface area (Å²) < 4.78 is 1.66. The zero-order valence-electron chi connectivity index (χ0n) is 11.2. The van der Waals surface area contributed by atoms with E-state index in [1.807, 2.05) is 29.6 Å². The molecule has 0 spiro atoms. The largest absolute Gasteiger partial charge is 0.293 e. The molecule has 1 atom stereocenters. The van der Waals surface area contributed by atoms with E-state index >= 15 is 0 Å². The van der Waals surface area contributed by atoms with Gasteiger partial charge in [-0.1, -0.05) is 6.07 Å². The fourth-order valence-corrected chi connectivity index (χ4v) is 3.81. The molecule has 0 radical (unpaired) electrons. The Morgan fingerprint density at radius 1 is 1.33 bits per heavy atom. The molecule has 1 aliphatic carbocycles. The van der Waals surface area contributed by atoms with Crippen LogP contribution in [0.25, 0.3) is 5.52 Å². The Labute approximate surface area is 125 Å². The summed E-state index contributed by atoms with van der Waals surface area (Å²) in [6, 6.07) is 7.41. The highest BCUT2D eigenvalue weighted by Crippen LogP contribution is 2.31. The van der Waals surface area contributed by atoms with Gasteiger partial charge in [0.05, 0.1) is 23.2 Å². The first-order chi connectivity index (χ1) is 10.3. The van der Waals surface area contributed by atoms with E-state index in [9.17, 15) is 9.59 Å². The van der Waals surface area contributed by atoms with E-state index in [2.05, 4.69) is 5.10 Å². The average molecular weight is 296 g/mol. The van der Waals surface area contributed by atoms with Crippen molar-refractivity contribution >= 4 is 28.4 Å². The molecule has 0 amide bonds. The van der Waals surface area contributed by atoms with Crippen molar-refractivity contribution in [2.45, 2.75) is 12.8 Å². The molecule has 1 aliphatic rings. The lowest BCUT2D eigenvalue weighted by molar-refractivity contribution is 0.0792. The molecular formula is C16H12N2O2S. The summed E-state index contributed by atoms with van der Waals surface area (Å²) in [6.07, 6.45) is 4.75. The average Bonchev–Trinajstić information content (AvgIpc) is 3.14. The lowest BCUT2D eigenvalue weighted by Crippen LogP contribution is -2.28. The molecule has 1 unspecified atom stereocenters. The smallest absolute Gasteiger partial charge is 0.177 e. The van der Waals surface area contributed by atoms with Gasteiger partial charge in [-0.25, -0.2) is 4.52 Å². The van der Waals surface area contributed by atoms with E-state index in [1.54, 1.807) is 28.2 Å². The number of aromatic nitrogens is 2. The summed E-state index contributed by atoms with van der Waals surface area (Å²) in [5.41, 5.74) is 2.01. The Morgan fingerprint density at radius 3 is 3.14 bits per heavy atom. The highest BCUT2D eigenvalue weighted by atomic mass is 32.1. The standard InChI is InChI=1S/C16H12N2O2S/c19-15-10-6-8-21-14(10)5-4-11(15)16(20)12-9-17-18-7-2-1-3-13(12)18/h1-3,6-9,11H,4-5H2. The van der Waals surface area contributed by atoms with Crippen LogP contribution in [0.2, 0.25) is 0 Å². The van der Waals surface area contributed by atoms with Gasteiger partial charge >= 0.3 is 0 Å². The maximum absolute atomic E-state index is 12.7. The molecular weight excluding hydrogens is 284 g/mol. The summed E-state index contributed by atoms with van der Waals surface area (Å²) in [6.45, 7) is 0. The van der Waals surface area contributed by atoms with Gasteiger partial charge in [-0.2, -0.15) is 5.10 Å². The maximum atomic E-state index is 12.7. The van der Waals surface area contributed by atoms with Gasteiger partial charge in [0.1, 0.15) is 0 Å². The van der Waals surface area contributed by atoms with Gasteiger partial charge in [0, 0.05) is 16.6 Å². The van der Waals surface area contributed by atoms with E-state index in [4.69, 9.17) is 0 Å². The zero-order valence-corrected chi connectivity index (χ0v) is 12.0. The van der Waals surface area contributed by atoms with Crippen molar-refractivity contribution in [2.24, 2.45) is 5.92 Å². The molecule has 0 saturated heterocycles. The third-order valence-electron chi connectivity index (χ3n) is 4.00. The van der Waals surface area contributed by atoms with Gasteiger partial charge in [0.25, 0.3) is 0 Å². The fraction of sp³-hybridized carbons (Fsp3) is 0.188. The molecule has 0 aromatic carbocycles. The zero-order chi connectivity index (χ0) is 14.4. The van der Waals surface area contributed by atoms with Gasteiger partial charge in [0.2, 0.25) is 0 Å². The quantitative estimate of drug-likeness (QED) is 0.539. The normalized spacial score (nSPS) is 17.9. The number of pyridine rings is 1. The maximum Gasteiger partial charge on any atom is 0.177 e. The van der Waals surface area contributed by atoms with Crippen LogP contribution < -0.4 is 0 Å². The third-order valence-corrected chi connectivity index (χ3v) is 4.98. The van der Waals surface area contributed by atoms with Gasteiger partial charge in [0.15, 0.2) is 11.6 Å². The molecule has 0 N–H and O–H groups in total. The minimum absolute atomic E-state index is 0.0437. The highest BCUT2D eigenvalue weighted by molar-refractivity contribution is 7.10. The number of aryl methyl sites for hydroxylation is 1. The van der Waals surface area contributed by atoms with Crippen LogP contribution >= 0.6 is 11.3 Å². The van der Waals surface area contributed by atoms with Gasteiger partial charge in [-0.05, 0) is 36.4 Å². The predicted octanol–water partition coefficient (Wildman–Crippen LogP) is 3.02. The van der Waals surface area contributed by atoms with Crippen LogP contribution in [0.1, 0.15) is 32.0 Å². The molecule has 5 heteroatoms. The summed E-state index contributed by atoms with van der Waals surface area (Å²) >= 11 is 1.59. The van der Waals surface area contributed by atoms with E-state index < -0.39 is 5.92 Å². The summed E-state index contributed by atoms with van der Waals surface area (Å²) in [5.74, 6) is -0.726. The van der Waals surface area contributed by atoms with Crippen LogP contribution in [0.4, 0.5) is 0 Å². The van der Waals surface area contributed by atoms with Crippen LogP contribution in [0, 0.1) is 5.92 Å². The number of fused-ring (bicyclic) bond motifs is 2. The minimum atomic E-state index is -0.569. The minimum Gasteiger partial charge on any atom is -0.293 e. The number of rotatable bonds is 2. The number of hydrogen-bond acceptors (Lipinski definition) is 4. The molecule has 0 bridgehead atoms. The van der Waals surface area contributed by atoms with Crippen molar-refractivity contribution in [3.05, 3.63) is 58.0 Å². The summed E-state index contributed by atoms with van der Waals surface area (Å²) in [7, 11) is 0. The van der Waals surface area contributed by atoms with Crippen LogP contribution in [-0.4, -0.2) is 21.2 Å². The Hall–Kier alpha value is -2.27. The van der Waals surface area contributed by atoms with Crippen molar-refractivity contribution in [3.63, 3.8) is 0 Å². The second kappa shape index (κ2) is 4.63. The molecule has 3 aromatic rings. The molecule has 4 rings (SSSR count). The first kappa shape index (κ1) is 12.5. The monoisotopic (exact) mass is 296 g/mol. The molecule has 3 aromatic heterocycles. The van der Waals surface area contributed by atoms with Gasteiger partial charge in [-0.3, -0.25) is 9.59 Å². The molecule has 0 saturated carbocycles. The third kappa shape index (κ3) is 1.85. The van der Waals surface area contributed by atoms with E-state index in [-0.39, 0.29) is 11.6 Å². The molecule has 104 valence electrons. The summed E-state index contributed by atoms with van der Waals surface area (Å²) in [5, 5.41) is 6.10. The second-order valence-electron chi connectivity index (χ2n) is 5.17. The number of carbonyl (C=O) groups is 2. The fourth-order valence-electron chi connectivity index (χ4n) is 2.91. The lowest BCUT2D eigenvalue weighted by Gasteiger charge is -2.19. The van der Waals surface area contributed by atoms with Crippen molar-refractivity contribution in [2.75, 3.05) is 0 Å². The second-order valence-corrected chi connectivity index (χ2v) is 6.17. The Kier molecular flexibility index (Phi) is 2.75. The van der Waals surface area contributed by atoms with Crippen LogP contribution in [0.3, 0.4) is 0 Å². The number of thiophene rings is 1. The van der Waals surface area contributed by atoms with Crippen LogP contribution in [0.5, 0.6) is 0 Å². The van der Waals surface area contributed by atoms with E-state index in [0.29, 0.717) is 12.0 Å². The number of hydrogen-bond donors (Lipinski definition) is 0. The number of nitrogens with zero attached hydrogens (tertiary/aromatic N) is 2. The number of ketones is 2. The van der Waals surface area contributed by atoms with Gasteiger partial charge < -0.3 is 0 Å². The lowest BCUT2D eigenvalue weighted by atomic mass is 9.82. The van der Waals surface area contributed by atoms with E-state index in [0.717, 1.165) is 22.4 Å². The van der Waals surface area contributed by atoms with Crippen LogP contribution in [-0.2, 0) is 6.42 Å². The van der Waals surface area contributed by atoms with Crippen molar-refractivity contribution < 1.29 is 9.59 Å². The molecule has 4 nitrogen and oxygen atoms in total. The molecule has 0 fully saturated rings. The highest BCUT2D eigenvalue weighted by Gasteiger charge is 2.34. The van der Waals surface area contributed by atoms with Crippen LogP contribution in [0.15, 0.2) is 42.0 Å². The van der Waals surface area contributed by atoms with Gasteiger partial charge in [-0.15, -0.1) is 11.3 Å². The first-order valence-corrected chi connectivity index (χ1v) is 7.71. The SMILES string of the molecule is O=C1c2ccsc2CCC1C(=O)c1cnn2ccccc12. The molecule has 21 heavy (non-hydrogen) atoms. The van der Waals surface area contributed by atoms with Crippen molar-refractivity contribution in [1.29, 1.82) is 0 Å². The Bertz CT molecular complexity index is 862.